The maximum atomic E-state index is 12.4. The normalized spacial score (nSPS) is 27.0. The van der Waals surface area contributed by atoms with Crippen molar-refractivity contribution < 1.29 is 9.59 Å². The number of piperazine rings is 1. The predicted octanol–water partition coefficient (Wildman–Crippen LogP) is 0.141. The summed E-state index contributed by atoms with van der Waals surface area (Å²) in [4.78, 5) is 30.7. The van der Waals surface area contributed by atoms with Gasteiger partial charge >= 0.3 is 0 Å². The molecule has 23 heavy (non-hydrogen) atoms. The van der Waals surface area contributed by atoms with Gasteiger partial charge in [0, 0.05) is 45.3 Å². The van der Waals surface area contributed by atoms with Crippen molar-refractivity contribution in [3.63, 3.8) is 0 Å². The Morgan fingerprint density at radius 1 is 0.957 bits per heavy atom. The van der Waals surface area contributed by atoms with Gasteiger partial charge in [-0.15, -0.1) is 0 Å². The fourth-order valence-electron chi connectivity index (χ4n) is 3.52. The molecule has 2 heterocycles. The van der Waals surface area contributed by atoms with Gasteiger partial charge < -0.3 is 10.2 Å². The highest BCUT2D eigenvalue weighted by Crippen LogP contribution is 2.18. The molecule has 1 N–H and O–H groups in total. The highest BCUT2D eigenvalue weighted by atomic mass is 16.2. The van der Waals surface area contributed by atoms with Gasteiger partial charge in [-0.3, -0.25) is 19.4 Å². The van der Waals surface area contributed by atoms with Crippen molar-refractivity contribution >= 4 is 11.8 Å². The van der Waals surface area contributed by atoms with Crippen LogP contribution in [0.5, 0.6) is 0 Å². The molecule has 1 saturated carbocycles. The summed E-state index contributed by atoms with van der Waals surface area (Å²) in [5.41, 5.74) is 0. The lowest BCUT2D eigenvalue weighted by atomic mass is 10.0. The second-order valence-corrected chi connectivity index (χ2v) is 7.48. The molecular weight excluding hydrogens is 292 g/mol. The molecule has 1 atom stereocenters. The predicted molar refractivity (Wildman–Crippen MR) is 89.0 cm³/mol. The first-order valence-corrected chi connectivity index (χ1v) is 9.12. The van der Waals surface area contributed by atoms with Crippen LogP contribution < -0.4 is 5.32 Å². The lowest BCUT2D eigenvalue weighted by molar-refractivity contribution is -0.135. The highest BCUT2D eigenvalue weighted by molar-refractivity contribution is 5.79. The molecule has 2 aliphatic heterocycles. The zero-order chi connectivity index (χ0) is 16.2. The molecule has 0 aromatic heterocycles. The summed E-state index contributed by atoms with van der Waals surface area (Å²) in [6, 6.07) is 0.438. The zero-order valence-corrected chi connectivity index (χ0v) is 14.3. The molecule has 6 nitrogen and oxygen atoms in total. The van der Waals surface area contributed by atoms with Gasteiger partial charge in [0.25, 0.3) is 0 Å². The third-order valence-electron chi connectivity index (χ3n) is 5.14. The van der Waals surface area contributed by atoms with Crippen molar-refractivity contribution in [3.8, 4) is 0 Å². The lowest BCUT2D eigenvalue weighted by Crippen LogP contribution is -2.52. The molecule has 130 valence electrons. The Morgan fingerprint density at radius 3 is 2.22 bits per heavy atom. The van der Waals surface area contributed by atoms with Crippen LogP contribution in [0.3, 0.4) is 0 Å². The number of likely N-dealkylation sites (tertiary alicyclic amines) is 1. The highest BCUT2D eigenvalue weighted by Gasteiger charge is 2.27. The molecule has 3 aliphatic rings. The van der Waals surface area contributed by atoms with E-state index in [9.17, 15) is 9.59 Å². The molecule has 0 spiro atoms. The van der Waals surface area contributed by atoms with E-state index < -0.39 is 0 Å². The number of hydrogen-bond acceptors (Lipinski definition) is 4. The number of rotatable bonds is 5. The summed E-state index contributed by atoms with van der Waals surface area (Å²) in [6.07, 6.45) is 4.65. The van der Waals surface area contributed by atoms with E-state index in [1.807, 2.05) is 4.90 Å². The Kier molecular flexibility index (Phi) is 5.54. The molecule has 2 amide bonds. The molecule has 3 rings (SSSR count). The van der Waals surface area contributed by atoms with E-state index in [4.69, 9.17) is 0 Å². The number of amides is 2. The Labute approximate surface area is 139 Å². The van der Waals surface area contributed by atoms with Crippen molar-refractivity contribution in [1.29, 1.82) is 0 Å². The van der Waals surface area contributed by atoms with Gasteiger partial charge in [0.05, 0.1) is 13.1 Å². The Bertz CT molecular complexity index is 430. The average Bonchev–Trinajstić information content (AvgIpc) is 3.33. The number of nitrogens with zero attached hydrogens (tertiary/aromatic N) is 3. The summed E-state index contributed by atoms with van der Waals surface area (Å²) in [6.45, 7) is 8.62. The van der Waals surface area contributed by atoms with Gasteiger partial charge in [-0.1, -0.05) is 6.92 Å². The fraction of sp³-hybridized carbons (Fsp3) is 0.882. The van der Waals surface area contributed by atoms with Crippen LogP contribution in [0, 0.1) is 5.92 Å². The molecular formula is C17H30N4O2. The molecule has 0 aromatic rings. The number of carbonyl (C=O) groups excluding carboxylic acids is 2. The third kappa shape index (κ3) is 5.18. The summed E-state index contributed by atoms with van der Waals surface area (Å²) in [7, 11) is 0. The minimum atomic E-state index is 0.152. The molecule has 1 aliphatic carbocycles. The van der Waals surface area contributed by atoms with Gasteiger partial charge in [0.2, 0.25) is 11.8 Å². The zero-order valence-electron chi connectivity index (χ0n) is 14.3. The quantitative estimate of drug-likeness (QED) is 0.782. The van der Waals surface area contributed by atoms with Gasteiger partial charge in [0.15, 0.2) is 0 Å². The molecule has 2 saturated heterocycles. The van der Waals surface area contributed by atoms with E-state index in [0.717, 1.165) is 58.5 Å². The van der Waals surface area contributed by atoms with Crippen LogP contribution >= 0.6 is 0 Å². The SMILES string of the molecule is CC1CCCN(C(=O)CN2CCN(CC(=O)NC3CC3)CC2)C1. The topological polar surface area (TPSA) is 55.9 Å². The van der Waals surface area contributed by atoms with E-state index in [1.54, 1.807) is 0 Å². The minimum absolute atomic E-state index is 0.152. The van der Waals surface area contributed by atoms with Crippen LogP contribution in [0.1, 0.15) is 32.6 Å². The Morgan fingerprint density at radius 2 is 1.61 bits per heavy atom. The first-order valence-electron chi connectivity index (χ1n) is 9.12. The smallest absolute Gasteiger partial charge is 0.236 e. The average molecular weight is 322 g/mol. The van der Waals surface area contributed by atoms with Crippen LogP contribution in [-0.2, 0) is 9.59 Å². The molecule has 1 unspecified atom stereocenters. The molecule has 0 aromatic carbocycles. The fourth-order valence-corrected chi connectivity index (χ4v) is 3.52. The summed E-state index contributed by atoms with van der Waals surface area (Å²) in [5, 5.41) is 3.04. The van der Waals surface area contributed by atoms with Crippen LogP contribution in [0.25, 0.3) is 0 Å². The molecule has 3 fully saturated rings. The number of nitrogens with one attached hydrogen (secondary N) is 1. The Balaban J connectivity index is 1.35. The first-order chi connectivity index (χ1) is 11.1. The van der Waals surface area contributed by atoms with E-state index in [0.29, 0.717) is 25.0 Å². The molecule has 6 heteroatoms. The minimum Gasteiger partial charge on any atom is -0.352 e. The van der Waals surface area contributed by atoms with Crippen molar-refractivity contribution in [3.05, 3.63) is 0 Å². The van der Waals surface area contributed by atoms with Crippen molar-refractivity contribution in [2.24, 2.45) is 5.92 Å². The number of hydrogen-bond donors (Lipinski definition) is 1. The maximum Gasteiger partial charge on any atom is 0.236 e. The standard InChI is InChI=1S/C17H30N4O2/c1-14-3-2-6-21(11-14)17(23)13-20-9-7-19(8-10-20)12-16(22)18-15-4-5-15/h14-15H,2-13H2,1H3,(H,18,22). The van der Waals surface area contributed by atoms with Crippen molar-refractivity contribution in [1.82, 2.24) is 20.0 Å². The van der Waals surface area contributed by atoms with Crippen LogP contribution in [-0.4, -0.2) is 84.9 Å². The van der Waals surface area contributed by atoms with Crippen molar-refractivity contribution in [2.75, 3.05) is 52.4 Å². The van der Waals surface area contributed by atoms with Gasteiger partial charge in [-0.2, -0.15) is 0 Å². The van der Waals surface area contributed by atoms with E-state index in [1.165, 1.54) is 6.42 Å². The molecule has 0 bridgehead atoms. The summed E-state index contributed by atoms with van der Waals surface area (Å²) >= 11 is 0. The van der Waals surface area contributed by atoms with E-state index in [2.05, 4.69) is 22.0 Å². The summed E-state index contributed by atoms with van der Waals surface area (Å²) < 4.78 is 0. The second kappa shape index (κ2) is 7.62. The van der Waals surface area contributed by atoms with Crippen LogP contribution in [0.2, 0.25) is 0 Å². The number of carbonyl (C=O) groups is 2. The van der Waals surface area contributed by atoms with E-state index in [-0.39, 0.29) is 11.8 Å². The molecule has 0 radical (unpaired) electrons. The maximum absolute atomic E-state index is 12.4. The second-order valence-electron chi connectivity index (χ2n) is 7.48. The largest absolute Gasteiger partial charge is 0.352 e. The third-order valence-corrected chi connectivity index (χ3v) is 5.14. The first kappa shape index (κ1) is 16.7. The van der Waals surface area contributed by atoms with Gasteiger partial charge in [0.1, 0.15) is 0 Å². The summed E-state index contributed by atoms with van der Waals surface area (Å²) in [5.74, 6) is 1.06. The van der Waals surface area contributed by atoms with Crippen molar-refractivity contribution in [2.45, 2.75) is 38.6 Å². The lowest BCUT2D eigenvalue weighted by Gasteiger charge is -2.36. The van der Waals surface area contributed by atoms with Crippen LogP contribution in [0.15, 0.2) is 0 Å². The Hall–Kier alpha value is -1.14. The number of piperidine rings is 1. The van der Waals surface area contributed by atoms with E-state index >= 15 is 0 Å². The van der Waals surface area contributed by atoms with Gasteiger partial charge in [-0.05, 0) is 31.6 Å². The monoisotopic (exact) mass is 322 g/mol. The van der Waals surface area contributed by atoms with Gasteiger partial charge in [-0.25, -0.2) is 0 Å². The van der Waals surface area contributed by atoms with Crippen LogP contribution in [0.4, 0.5) is 0 Å².